The predicted molar refractivity (Wildman–Crippen MR) is 109 cm³/mol. The number of hydrogen-bond acceptors (Lipinski definition) is 6. The molecule has 4 heterocycles. The number of benzene rings is 1. The minimum absolute atomic E-state index is 0.301. The van der Waals surface area contributed by atoms with Gasteiger partial charge in [0, 0.05) is 18.2 Å². The molecule has 0 saturated heterocycles. The highest BCUT2D eigenvalue weighted by molar-refractivity contribution is 7.16. The second-order valence-corrected chi connectivity index (χ2v) is 7.80. The lowest BCUT2D eigenvalue weighted by Crippen LogP contribution is -2.41. The van der Waals surface area contributed by atoms with Gasteiger partial charge in [0.05, 0.1) is 27.8 Å². The van der Waals surface area contributed by atoms with Crippen LogP contribution in [0.15, 0.2) is 48.7 Å². The highest BCUT2D eigenvalue weighted by atomic mass is 32.1. The van der Waals surface area contributed by atoms with E-state index in [1.165, 1.54) is 21.6 Å². The van der Waals surface area contributed by atoms with E-state index in [9.17, 15) is 0 Å². The number of nitrogens with one attached hydrogen (secondary N) is 2. The Labute approximate surface area is 161 Å². The van der Waals surface area contributed by atoms with Crippen LogP contribution < -0.4 is 21.1 Å². The summed E-state index contributed by atoms with van der Waals surface area (Å²) in [6.45, 7) is 2.78. The van der Waals surface area contributed by atoms with Gasteiger partial charge in [-0.05, 0) is 36.2 Å². The SMILES string of the molecule is Cc1ccccc1C1=C(c2cc3c(s2)-c2ncccc2OCC3)NC(N)N1. The molecule has 27 heavy (non-hydrogen) atoms. The molecule has 0 spiro atoms. The van der Waals surface area contributed by atoms with Crippen LogP contribution in [0.5, 0.6) is 5.75 Å². The minimum Gasteiger partial charge on any atom is -0.491 e. The predicted octanol–water partition coefficient (Wildman–Crippen LogP) is 3.31. The maximum atomic E-state index is 6.17. The van der Waals surface area contributed by atoms with Gasteiger partial charge in [-0.3, -0.25) is 10.7 Å². The maximum Gasteiger partial charge on any atom is 0.150 e. The summed E-state index contributed by atoms with van der Waals surface area (Å²) >= 11 is 1.74. The van der Waals surface area contributed by atoms with Crippen LogP contribution in [-0.4, -0.2) is 17.9 Å². The number of ether oxygens (including phenoxy) is 1. The quantitative estimate of drug-likeness (QED) is 0.640. The highest BCUT2D eigenvalue weighted by Gasteiger charge is 2.27. The number of nitrogens with zero attached hydrogens (tertiary/aromatic N) is 1. The molecule has 1 atom stereocenters. The standard InChI is InChI=1S/C21H20N4OS/c1-12-5-2-3-6-14(12)17-19(25-21(22)24-17)16-11-13-8-10-26-15-7-4-9-23-18(15)20(13)27-16/h2-7,9,11,21,24-25H,8,10,22H2,1H3. The Balaban J connectivity index is 1.66. The Morgan fingerprint density at radius 1 is 1.15 bits per heavy atom. The minimum atomic E-state index is -0.301. The van der Waals surface area contributed by atoms with Crippen molar-refractivity contribution in [2.75, 3.05) is 6.61 Å². The van der Waals surface area contributed by atoms with Crippen molar-refractivity contribution in [1.82, 2.24) is 15.6 Å². The van der Waals surface area contributed by atoms with Gasteiger partial charge in [-0.25, -0.2) is 0 Å². The number of rotatable bonds is 2. The molecule has 6 heteroatoms. The van der Waals surface area contributed by atoms with E-state index in [2.05, 4.69) is 52.9 Å². The van der Waals surface area contributed by atoms with Crippen molar-refractivity contribution in [3.8, 4) is 16.3 Å². The van der Waals surface area contributed by atoms with Gasteiger partial charge in [-0.15, -0.1) is 11.3 Å². The molecule has 2 aromatic heterocycles. The number of fused-ring (bicyclic) bond motifs is 3. The first-order chi connectivity index (χ1) is 13.2. The molecule has 3 aromatic rings. The van der Waals surface area contributed by atoms with Crippen LogP contribution >= 0.6 is 11.3 Å². The zero-order valence-corrected chi connectivity index (χ0v) is 15.8. The fraction of sp³-hybridized carbons (Fsp3) is 0.190. The van der Waals surface area contributed by atoms with Crippen LogP contribution in [0.25, 0.3) is 22.0 Å². The number of pyridine rings is 1. The normalized spacial score (nSPS) is 18.1. The maximum absolute atomic E-state index is 6.17. The van der Waals surface area contributed by atoms with Gasteiger partial charge in [-0.2, -0.15) is 0 Å². The molecule has 2 aliphatic rings. The van der Waals surface area contributed by atoms with Crippen molar-refractivity contribution in [3.63, 3.8) is 0 Å². The van der Waals surface area contributed by atoms with Crippen molar-refractivity contribution in [2.45, 2.75) is 19.6 Å². The monoisotopic (exact) mass is 376 g/mol. The summed E-state index contributed by atoms with van der Waals surface area (Å²) in [5.74, 6) is 0.854. The Bertz CT molecular complexity index is 1060. The number of nitrogens with two attached hydrogens (primary N) is 1. The van der Waals surface area contributed by atoms with Crippen molar-refractivity contribution in [2.24, 2.45) is 5.73 Å². The molecular weight excluding hydrogens is 356 g/mol. The van der Waals surface area contributed by atoms with E-state index in [4.69, 9.17) is 10.5 Å². The first-order valence-corrected chi connectivity index (χ1v) is 9.82. The summed E-state index contributed by atoms with van der Waals surface area (Å²) in [6.07, 6.45) is 2.39. The Hall–Kier alpha value is -2.83. The van der Waals surface area contributed by atoms with E-state index in [1.807, 2.05) is 18.3 Å². The Morgan fingerprint density at radius 2 is 2.00 bits per heavy atom. The highest BCUT2D eigenvalue weighted by Crippen LogP contribution is 2.42. The Morgan fingerprint density at radius 3 is 2.89 bits per heavy atom. The molecule has 0 amide bonds. The van der Waals surface area contributed by atoms with E-state index in [1.54, 1.807) is 11.3 Å². The summed E-state index contributed by atoms with van der Waals surface area (Å²) < 4.78 is 5.86. The van der Waals surface area contributed by atoms with Crippen molar-refractivity contribution in [3.05, 3.63) is 70.2 Å². The third kappa shape index (κ3) is 2.78. The van der Waals surface area contributed by atoms with E-state index in [-0.39, 0.29) is 6.29 Å². The van der Waals surface area contributed by atoms with Gasteiger partial charge >= 0.3 is 0 Å². The van der Waals surface area contributed by atoms with Gasteiger partial charge in [0.25, 0.3) is 0 Å². The first kappa shape index (κ1) is 16.4. The summed E-state index contributed by atoms with van der Waals surface area (Å²) in [7, 11) is 0. The lowest BCUT2D eigenvalue weighted by molar-refractivity contribution is 0.325. The molecule has 5 nitrogen and oxygen atoms in total. The topological polar surface area (TPSA) is 72.2 Å². The van der Waals surface area contributed by atoms with E-state index in [0.29, 0.717) is 6.61 Å². The second kappa shape index (κ2) is 6.40. The lowest BCUT2D eigenvalue weighted by Gasteiger charge is -2.09. The molecule has 5 rings (SSSR count). The first-order valence-electron chi connectivity index (χ1n) is 9.01. The summed E-state index contributed by atoms with van der Waals surface area (Å²) in [5.41, 5.74) is 12.8. The molecular formula is C21H20N4OS. The van der Waals surface area contributed by atoms with E-state index < -0.39 is 0 Å². The van der Waals surface area contributed by atoms with Gasteiger partial charge in [0.1, 0.15) is 11.4 Å². The molecule has 0 saturated carbocycles. The van der Waals surface area contributed by atoms with Crippen LogP contribution in [-0.2, 0) is 6.42 Å². The average Bonchev–Trinajstić information content (AvgIpc) is 3.22. The molecule has 1 aromatic carbocycles. The fourth-order valence-electron chi connectivity index (χ4n) is 3.64. The van der Waals surface area contributed by atoms with Crippen LogP contribution in [0.3, 0.4) is 0 Å². The molecule has 0 radical (unpaired) electrons. The molecule has 1 unspecified atom stereocenters. The van der Waals surface area contributed by atoms with Crippen molar-refractivity contribution in [1.29, 1.82) is 0 Å². The van der Waals surface area contributed by atoms with Crippen LogP contribution in [0.2, 0.25) is 0 Å². The fourth-order valence-corrected chi connectivity index (χ4v) is 4.86. The molecule has 2 aliphatic heterocycles. The van der Waals surface area contributed by atoms with Gasteiger partial charge in [0.2, 0.25) is 0 Å². The number of thiophene rings is 1. The summed E-state index contributed by atoms with van der Waals surface area (Å²) in [5, 5.41) is 6.78. The third-order valence-corrected chi connectivity index (χ3v) is 6.14. The van der Waals surface area contributed by atoms with E-state index >= 15 is 0 Å². The molecule has 0 aliphatic carbocycles. The second-order valence-electron chi connectivity index (χ2n) is 6.74. The van der Waals surface area contributed by atoms with Crippen LogP contribution in [0.4, 0.5) is 0 Å². The largest absolute Gasteiger partial charge is 0.491 e. The number of aryl methyl sites for hydroxylation is 1. The zero-order valence-electron chi connectivity index (χ0n) is 15.0. The smallest absolute Gasteiger partial charge is 0.150 e. The van der Waals surface area contributed by atoms with Gasteiger partial charge < -0.3 is 15.4 Å². The Kier molecular flexibility index (Phi) is 3.88. The van der Waals surface area contributed by atoms with Crippen molar-refractivity contribution < 1.29 is 4.74 Å². The van der Waals surface area contributed by atoms with Gasteiger partial charge in [0.15, 0.2) is 6.29 Å². The average molecular weight is 376 g/mol. The molecule has 0 fully saturated rings. The summed E-state index contributed by atoms with van der Waals surface area (Å²) in [4.78, 5) is 6.92. The molecule has 4 N–H and O–H groups in total. The van der Waals surface area contributed by atoms with Gasteiger partial charge in [-0.1, -0.05) is 24.3 Å². The molecule has 136 valence electrons. The lowest BCUT2D eigenvalue weighted by atomic mass is 10.0. The van der Waals surface area contributed by atoms with Crippen LogP contribution in [0, 0.1) is 6.92 Å². The third-order valence-electron chi connectivity index (χ3n) is 4.93. The molecule has 0 bridgehead atoms. The number of hydrogen-bond donors (Lipinski definition) is 3. The van der Waals surface area contributed by atoms with E-state index in [0.717, 1.165) is 34.1 Å². The van der Waals surface area contributed by atoms with Crippen molar-refractivity contribution >= 4 is 22.7 Å². The summed E-state index contributed by atoms with van der Waals surface area (Å²) in [6, 6.07) is 14.5. The number of aromatic nitrogens is 1. The van der Waals surface area contributed by atoms with Crippen LogP contribution in [0.1, 0.15) is 21.6 Å². The zero-order chi connectivity index (χ0) is 18.4.